The number of benzene rings is 1. The molecule has 0 unspecified atom stereocenters. The molecule has 1 aromatic carbocycles. The predicted molar refractivity (Wildman–Crippen MR) is 64.1 cm³/mol. The second kappa shape index (κ2) is 5.87. The quantitative estimate of drug-likeness (QED) is 0.660. The van der Waals surface area contributed by atoms with Crippen LogP contribution >= 0.6 is 0 Å². The Kier molecular flexibility index (Phi) is 3.98. The lowest BCUT2D eigenvalue weighted by Crippen LogP contribution is -2.25. The van der Waals surface area contributed by atoms with Crippen LogP contribution < -0.4 is 11.1 Å². The van der Waals surface area contributed by atoms with Gasteiger partial charge >= 0.3 is 0 Å². The Balaban J connectivity index is 1.90. The van der Waals surface area contributed by atoms with Gasteiger partial charge in [0.1, 0.15) is 0 Å². The second-order valence-corrected chi connectivity index (χ2v) is 3.75. The Bertz CT molecular complexity index is 510. The predicted octanol–water partition coefficient (Wildman–Crippen LogP) is -0.483. The third-order valence-electron chi connectivity index (χ3n) is 2.52. The summed E-state index contributed by atoms with van der Waals surface area (Å²) in [4.78, 5) is 11.7. The largest absolute Gasteiger partial charge is 0.348 e. The molecule has 0 spiro atoms. The molecule has 0 bridgehead atoms. The molecule has 4 N–H and O–H groups in total. The molecular formula is C11H14N6O. The molecule has 18 heavy (non-hydrogen) atoms. The lowest BCUT2D eigenvalue weighted by molar-refractivity contribution is -0.120. The summed E-state index contributed by atoms with van der Waals surface area (Å²) < 4.78 is 0. The van der Waals surface area contributed by atoms with Crippen molar-refractivity contribution in [3.05, 3.63) is 41.2 Å². The molecule has 7 heteroatoms. The molecule has 0 aliphatic heterocycles. The van der Waals surface area contributed by atoms with Crippen molar-refractivity contribution in [2.75, 3.05) is 0 Å². The number of tetrazole rings is 1. The van der Waals surface area contributed by atoms with Gasteiger partial charge in [0, 0.05) is 6.54 Å². The molecule has 0 aliphatic carbocycles. The Labute approximate surface area is 104 Å². The van der Waals surface area contributed by atoms with Crippen molar-refractivity contribution in [2.45, 2.75) is 19.5 Å². The Morgan fingerprint density at radius 3 is 2.78 bits per heavy atom. The van der Waals surface area contributed by atoms with E-state index in [1.165, 1.54) is 0 Å². The Hall–Kier alpha value is -2.28. The van der Waals surface area contributed by atoms with Crippen molar-refractivity contribution >= 4 is 5.91 Å². The summed E-state index contributed by atoms with van der Waals surface area (Å²) in [6.45, 7) is 0.689. The summed E-state index contributed by atoms with van der Waals surface area (Å²) in [5.74, 6) is 0.358. The second-order valence-electron chi connectivity index (χ2n) is 3.75. The number of nitrogens with one attached hydrogen (secondary N) is 2. The third-order valence-corrected chi connectivity index (χ3v) is 2.52. The summed E-state index contributed by atoms with van der Waals surface area (Å²) >= 11 is 0. The van der Waals surface area contributed by atoms with Gasteiger partial charge in [0.05, 0.1) is 13.0 Å². The summed E-state index contributed by atoms with van der Waals surface area (Å²) in [5.41, 5.74) is 7.53. The average molecular weight is 246 g/mol. The first kappa shape index (κ1) is 12.2. The minimum Gasteiger partial charge on any atom is -0.348 e. The summed E-state index contributed by atoms with van der Waals surface area (Å²) in [5, 5.41) is 15.9. The van der Waals surface area contributed by atoms with Crippen molar-refractivity contribution in [3.8, 4) is 0 Å². The monoisotopic (exact) mass is 246 g/mol. The number of nitrogens with two attached hydrogens (primary N) is 1. The van der Waals surface area contributed by atoms with E-state index in [-0.39, 0.29) is 12.5 Å². The molecule has 1 heterocycles. The highest BCUT2D eigenvalue weighted by Crippen LogP contribution is 2.08. The first-order valence-electron chi connectivity index (χ1n) is 5.55. The average Bonchev–Trinajstić information content (AvgIpc) is 2.90. The molecule has 0 fully saturated rings. The van der Waals surface area contributed by atoms with Gasteiger partial charge in [-0.1, -0.05) is 29.5 Å². The van der Waals surface area contributed by atoms with Crippen molar-refractivity contribution in [3.63, 3.8) is 0 Å². The highest BCUT2D eigenvalue weighted by atomic mass is 16.1. The number of nitrogens with zero attached hydrogens (tertiary/aromatic N) is 3. The summed E-state index contributed by atoms with van der Waals surface area (Å²) in [6.07, 6.45) is 0.297. The highest BCUT2D eigenvalue weighted by molar-refractivity contribution is 5.78. The Morgan fingerprint density at radius 2 is 2.11 bits per heavy atom. The van der Waals surface area contributed by atoms with Crippen LogP contribution in [0.15, 0.2) is 24.3 Å². The van der Waals surface area contributed by atoms with Gasteiger partial charge in [-0.2, -0.15) is 5.21 Å². The molecule has 0 aliphatic rings. The van der Waals surface area contributed by atoms with Gasteiger partial charge in [-0.3, -0.25) is 4.79 Å². The van der Waals surface area contributed by atoms with E-state index >= 15 is 0 Å². The zero-order valence-corrected chi connectivity index (χ0v) is 9.76. The van der Waals surface area contributed by atoms with Gasteiger partial charge < -0.3 is 11.1 Å². The number of hydrogen-bond donors (Lipinski definition) is 3. The van der Waals surface area contributed by atoms with Crippen LogP contribution in [0.5, 0.6) is 0 Å². The number of carbonyl (C=O) groups excluding carboxylic acids is 1. The molecule has 2 aromatic rings. The molecule has 0 saturated carbocycles. The normalized spacial score (nSPS) is 10.3. The lowest BCUT2D eigenvalue weighted by Gasteiger charge is -2.07. The van der Waals surface area contributed by atoms with E-state index in [0.29, 0.717) is 18.8 Å². The SMILES string of the molecule is NCc1ccccc1CC(=O)NCc1nn[nH]n1. The molecule has 2 rings (SSSR count). The van der Waals surface area contributed by atoms with Gasteiger partial charge in [-0.25, -0.2) is 0 Å². The van der Waals surface area contributed by atoms with Crippen molar-refractivity contribution in [2.24, 2.45) is 5.73 Å². The minimum atomic E-state index is -0.0966. The van der Waals surface area contributed by atoms with Crippen LogP contribution in [0.1, 0.15) is 17.0 Å². The van der Waals surface area contributed by atoms with Crippen LogP contribution in [0.25, 0.3) is 0 Å². The van der Waals surface area contributed by atoms with Gasteiger partial charge in [-0.15, -0.1) is 10.2 Å². The fraction of sp³-hybridized carbons (Fsp3) is 0.273. The van der Waals surface area contributed by atoms with Gasteiger partial charge in [0.2, 0.25) is 5.91 Å². The molecular weight excluding hydrogens is 232 g/mol. The van der Waals surface area contributed by atoms with Crippen LogP contribution in [-0.2, 0) is 24.3 Å². The van der Waals surface area contributed by atoms with Crippen molar-refractivity contribution in [1.82, 2.24) is 25.9 Å². The smallest absolute Gasteiger partial charge is 0.224 e. The van der Waals surface area contributed by atoms with E-state index < -0.39 is 0 Å². The van der Waals surface area contributed by atoms with E-state index in [9.17, 15) is 4.79 Å². The van der Waals surface area contributed by atoms with E-state index in [0.717, 1.165) is 11.1 Å². The zero-order valence-electron chi connectivity index (χ0n) is 9.76. The number of carbonyl (C=O) groups is 1. The zero-order chi connectivity index (χ0) is 12.8. The van der Waals surface area contributed by atoms with Gasteiger partial charge in [0.25, 0.3) is 0 Å². The molecule has 1 aromatic heterocycles. The number of hydrogen-bond acceptors (Lipinski definition) is 5. The van der Waals surface area contributed by atoms with E-state index in [1.807, 2.05) is 24.3 Å². The van der Waals surface area contributed by atoms with Crippen molar-refractivity contribution in [1.29, 1.82) is 0 Å². The molecule has 0 saturated heterocycles. The van der Waals surface area contributed by atoms with Crippen LogP contribution in [0.3, 0.4) is 0 Å². The molecule has 7 nitrogen and oxygen atoms in total. The standard InChI is InChI=1S/C11H14N6O/c12-6-9-4-2-1-3-8(9)5-11(18)13-7-10-14-16-17-15-10/h1-4H,5-7,12H2,(H,13,18)(H,14,15,16,17). The maximum atomic E-state index is 11.7. The fourth-order valence-corrected chi connectivity index (χ4v) is 1.60. The first-order chi connectivity index (χ1) is 8.79. The third kappa shape index (κ3) is 3.11. The summed E-state index contributed by atoms with van der Waals surface area (Å²) in [6, 6.07) is 7.61. The lowest BCUT2D eigenvalue weighted by atomic mass is 10.0. The molecule has 1 amide bonds. The fourth-order valence-electron chi connectivity index (χ4n) is 1.60. The van der Waals surface area contributed by atoms with Gasteiger partial charge in [-0.05, 0) is 11.1 Å². The van der Waals surface area contributed by atoms with Gasteiger partial charge in [0.15, 0.2) is 5.82 Å². The number of H-pyrrole nitrogens is 1. The Morgan fingerprint density at radius 1 is 1.33 bits per heavy atom. The minimum absolute atomic E-state index is 0.0966. The number of rotatable bonds is 5. The number of amides is 1. The van der Waals surface area contributed by atoms with E-state index in [1.54, 1.807) is 0 Å². The van der Waals surface area contributed by atoms with E-state index in [4.69, 9.17) is 5.73 Å². The van der Waals surface area contributed by atoms with Crippen LogP contribution in [0.2, 0.25) is 0 Å². The van der Waals surface area contributed by atoms with Crippen LogP contribution in [0, 0.1) is 0 Å². The molecule has 94 valence electrons. The van der Waals surface area contributed by atoms with Crippen molar-refractivity contribution < 1.29 is 4.79 Å². The molecule has 0 radical (unpaired) electrons. The number of aromatic amines is 1. The molecule has 0 atom stereocenters. The first-order valence-corrected chi connectivity index (χ1v) is 5.55. The number of aromatic nitrogens is 4. The van der Waals surface area contributed by atoms with Crippen LogP contribution in [0.4, 0.5) is 0 Å². The summed E-state index contributed by atoms with van der Waals surface area (Å²) in [7, 11) is 0. The van der Waals surface area contributed by atoms with E-state index in [2.05, 4.69) is 25.9 Å². The topological polar surface area (TPSA) is 110 Å². The van der Waals surface area contributed by atoms with Crippen LogP contribution in [-0.4, -0.2) is 26.5 Å². The maximum Gasteiger partial charge on any atom is 0.224 e. The maximum absolute atomic E-state index is 11.7. The highest BCUT2D eigenvalue weighted by Gasteiger charge is 2.07.